The third-order valence-corrected chi connectivity index (χ3v) is 6.02. The number of nitrogens with one attached hydrogen (secondary N) is 2. The van der Waals surface area contributed by atoms with Gasteiger partial charge in [-0.2, -0.15) is 13.2 Å². The maximum absolute atomic E-state index is 13.0. The number of amides is 1. The van der Waals surface area contributed by atoms with Crippen LogP contribution in [0.5, 0.6) is 5.75 Å². The van der Waals surface area contributed by atoms with Crippen LogP contribution in [-0.4, -0.2) is 21.4 Å². The fraction of sp³-hybridized carbons (Fsp3) is 0.0952. The van der Waals surface area contributed by atoms with Gasteiger partial charge in [0.2, 0.25) is 0 Å². The highest BCUT2D eigenvalue weighted by Crippen LogP contribution is 2.36. The van der Waals surface area contributed by atoms with Crippen LogP contribution in [0, 0.1) is 0 Å². The average Bonchev–Trinajstić information content (AvgIpc) is 2.74. The Morgan fingerprint density at radius 1 is 0.969 bits per heavy atom. The number of sulfonamides is 1. The van der Waals surface area contributed by atoms with Crippen molar-refractivity contribution < 1.29 is 31.1 Å². The molecule has 168 valence electrons. The minimum atomic E-state index is -4.74. The van der Waals surface area contributed by atoms with Crippen molar-refractivity contribution in [2.75, 3.05) is 17.1 Å². The first-order valence-corrected chi connectivity index (χ1v) is 10.8. The van der Waals surface area contributed by atoms with Crippen molar-refractivity contribution in [3.05, 3.63) is 82.9 Å². The third kappa shape index (κ3) is 5.32. The second-order valence-corrected chi connectivity index (χ2v) is 8.57. The summed E-state index contributed by atoms with van der Waals surface area (Å²) in [5.41, 5.74) is -0.855. The van der Waals surface area contributed by atoms with Gasteiger partial charge < -0.3 is 10.1 Å². The van der Waals surface area contributed by atoms with Gasteiger partial charge in [0, 0.05) is 11.4 Å². The third-order valence-electron chi connectivity index (χ3n) is 4.30. The van der Waals surface area contributed by atoms with Crippen molar-refractivity contribution in [2.24, 2.45) is 0 Å². The molecular weight excluding hydrogens is 469 g/mol. The van der Waals surface area contributed by atoms with Crippen LogP contribution in [-0.2, 0) is 16.2 Å². The first kappa shape index (κ1) is 23.4. The molecule has 6 nitrogen and oxygen atoms in total. The number of halogens is 4. The molecule has 3 rings (SSSR count). The molecule has 0 heterocycles. The molecule has 0 aliphatic carbocycles. The number of alkyl halides is 3. The Bertz CT molecular complexity index is 1250. The molecule has 3 aromatic carbocycles. The van der Waals surface area contributed by atoms with Gasteiger partial charge in [0.15, 0.2) is 0 Å². The van der Waals surface area contributed by atoms with Crippen molar-refractivity contribution in [1.29, 1.82) is 0 Å². The number of benzene rings is 3. The lowest BCUT2D eigenvalue weighted by atomic mass is 10.2. The van der Waals surface area contributed by atoms with Gasteiger partial charge in [0.1, 0.15) is 5.75 Å². The van der Waals surface area contributed by atoms with Gasteiger partial charge in [-0.1, -0.05) is 23.7 Å². The number of carbonyl (C=O) groups is 1. The lowest BCUT2D eigenvalue weighted by molar-refractivity contribution is -0.137. The molecule has 0 saturated carbocycles. The second-order valence-electron chi connectivity index (χ2n) is 6.48. The van der Waals surface area contributed by atoms with Crippen molar-refractivity contribution in [2.45, 2.75) is 11.1 Å². The highest BCUT2D eigenvalue weighted by Gasteiger charge is 2.33. The maximum atomic E-state index is 13.0. The normalized spacial score (nSPS) is 11.7. The molecule has 0 atom stereocenters. The molecule has 1 amide bonds. The number of methoxy groups -OCH3 is 1. The number of carbonyl (C=O) groups excluding carboxylic acids is 1. The lowest BCUT2D eigenvalue weighted by Crippen LogP contribution is -2.15. The van der Waals surface area contributed by atoms with Crippen LogP contribution in [0.3, 0.4) is 0 Å². The predicted molar refractivity (Wildman–Crippen MR) is 115 cm³/mol. The molecule has 11 heteroatoms. The van der Waals surface area contributed by atoms with Gasteiger partial charge in [-0.05, 0) is 54.6 Å². The van der Waals surface area contributed by atoms with Gasteiger partial charge in [0.05, 0.1) is 28.2 Å². The summed E-state index contributed by atoms with van der Waals surface area (Å²) in [5, 5.41) is 2.07. The Kier molecular flexibility index (Phi) is 6.65. The van der Waals surface area contributed by atoms with Crippen LogP contribution in [0.15, 0.2) is 71.6 Å². The smallest absolute Gasteiger partial charge is 0.417 e. The standard InChI is InChI=1S/C21H16ClF3N2O4S/c1-31-19-5-3-2-4-16(19)20(28)26-13-6-9-15(10-7-13)32(29,30)27-14-8-11-18(22)17(12-14)21(23,24)25/h2-12,27H,1H3,(H,26,28). The number of hydrogen-bond acceptors (Lipinski definition) is 4. The molecule has 2 N–H and O–H groups in total. The zero-order valence-corrected chi connectivity index (χ0v) is 18.0. The van der Waals surface area contributed by atoms with E-state index in [1.807, 2.05) is 0 Å². The average molecular weight is 485 g/mol. The Morgan fingerprint density at radius 2 is 1.59 bits per heavy atom. The van der Waals surface area contributed by atoms with Crippen LogP contribution < -0.4 is 14.8 Å². The van der Waals surface area contributed by atoms with E-state index >= 15 is 0 Å². The summed E-state index contributed by atoms with van der Waals surface area (Å²) in [7, 11) is -2.76. The predicted octanol–water partition coefficient (Wildman–Crippen LogP) is 5.42. The Morgan fingerprint density at radius 3 is 2.22 bits per heavy atom. The first-order valence-electron chi connectivity index (χ1n) is 8.95. The molecule has 0 aliphatic heterocycles. The van der Waals surface area contributed by atoms with Gasteiger partial charge >= 0.3 is 6.18 Å². The zero-order valence-electron chi connectivity index (χ0n) is 16.4. The van der Waals surface area contributed by atoms with Crippen molar-refractivity contribution in [1.82, 2.24) is 0 Å². The van der Waals surface area contributed by atoms with E-state index in [0.717, 1.165) is 12.1 Å². The van der Waals surface area contributed by atoms with Crippen molar-refractivity contribution >= 4 is 38.9 Å². The Balaban J connectivity index is 1.77. The van der Waals surface area contributed by atoms with Crippen molar-refractivity contribution in [3.63, 3.8) is 0 Å². The van der Waals surface area contributed by atoms with Crippen LogP contribution in [0.1, 0.15) is 15.9 Å². The largest absolute Gasteiger partial charge is 0.496 e. The van der Waals surface area contributed by atoms with Crippen LogP contribution in [0.25, 0.3) is 0 Å². The topological polar surface area (TPSA) is 84.5 Å². The highest BCUT2D eigenvalue weighted by atomic mass is 35.5. The van der Waals surface area contributed by atoms with E-state index in [2.05, 4.69) is 10.0 Å². The van der Waals surface area contributed by atoms with E-state index in [4.69, 9.17) is 16.3 Å². The Hall–Kier alpha value is -3.24. The fourth-order valence-electron chi connectivity index (χ4n) is 2.77. The quantitative estimate of drug-likeness (QED) is 0.489. The van der Waals surface area contributed by atoms with Crippen molar-refractivity contribution in [3.8, 4) is 5.75 Å². The minimum absolute atomic E-state index is 0.212. The van der Waals surface area contributed by atoms with Crippen LogP contribution in [0.2, 0.25) is 5.02 Å². The summed E-state index contributed by atoms with van der Waals surface area (Å²) in [6.45, 7) is 0. The van der Waals surface area contributed by atoms with Crippen LogP contribution >= 0.6 is 11.6 Å². The number of ether oxygens (including phenoxy) is 1. The van der Waals surface area contributed by atoms with E-state index in [1.165, 1.54) is 31.4 Å². The number of para-hydroxylation sites is 1. The van der Waals surface area contributed by atoms with Gasteiger partial charge in [-0.25, -0.2) is 8.42 Å². The number of anilines is 2. The molecule has 0 radical (unpaired) electrons. The molecule has 3 aromatic rings. The van der Waals surface area contributed by atoms with Gasteiger partial charge in [-0.3, -0.25) is 9.52 Å². The fourth-order valence-corrected chi connectivity index (χ4v) is 4.04. The molecule has 0 unspecified atom stereocenters. The molecule has 0 saturated heterocycles. The number of hydrogen-bond donors (Lipinski definition) is 2. The van der Waals surface area contributed by atoms with E-state index < -0.39 is 32.7 Å². The molecule has 32 heavy (non-hydrogen) atoms. The Labute approximate surface area is 187 Å². The molecule has 0 aromatic heterocycles. The summed E-state index contributed by atoms with van der Waals surface area (Å²) in [6.07, 6.45) is -4.74. The summed E-state index contributed by atoms with van der Waals surface area (Å²) in [5.74, 6) is -0.0911. The van der Waals surface area contributed by atoms with E-state index in [0.29, 0.717) is 17.5 Å². The number of rotatable bonds is 6. The minimum Gasteiger partial charge on any atom is -0.496 e. The SMILES string of the molecule is COc1ccccc1C(=O)Nc1ccc(S(=O)(=O)Nc2ccc(Cl)c(C(F)(F)F)c2)cc1. The van der Waals surface area contributed by atoms with E-state index in [9.17, 15) is 26.4 Å². The van der Waals surface area contributed by atoms with E-state index in [1.54, 1.807) is 24.3 Å². The van der Waals surface area contributed by atoms with E-state index in [-0.39, 0.29) is 16.1 Å². The summed E-state index contributed by atoms with van der Waals surface area (Å²) in [6, 6.07) is 14.4. The summed E-state index contributed by atoms with van der Waals surface area (Å²) >= 11 is 5.55. The molecule has 0 bridgehead atoms. The zero-order chi connectivity index (χ0) is 23.5. The maximum Gasteiger partial charge on any atom is 0.417 e. The second kappa shape index (κ2) is 9.09. The lowest BCUT2D eigenvalue weighted by Gasteiger charge is -2.13. The summed E-state index contributed by atoms with van der Waals surface area (Å²) < 4.78 is 71.3. The summed E-state index contributed by atoms with van der Waals surface area (Å²) in [4.78, 5) is 12.2. The van der Waals surface area contributed by atoms with Gasteiger partial charge in [-0.15, -0.1) is 0 Å². The first-order chi connectivity index (χ1) is 15.0. The molecule has 0 spiro atoms. The molecule has 0 fully saturated rings. The molecular formula is C21H16ClF3N2O4S. The molecule has 0 aliphatic rings. The van der Waals surface area contributed by atoms with Crippen LogP contribution in [0.4, 0.5) is 24.5 Å². The van der Waals surface area contributed by atoms with Gasteiger partial charge in [0.25, 0.3) is 15.9 Å². The highest BCUT2D eigenvalue weighted by molar-refractivity contribution is 7.92. The monoisotopic (exact) mass is 484 g/mol.